The fraction of sp³-hybridized carbons (Fsp3) is 0.250. The van der Waals surface area contributed by atoms with E-state index in [0.29, 0.717) is 18.8 Å². The fourth-order valence-corrected chi connectivity index (χ4v) is 2.14. The van der Waals surface area contributed by atoms with Crippen molar-refractivity contribution in [2.75, 3.05) is 19.5 Å². The quantitative estimate of drug-likeness (QED) is 0.942. The molecule has 0 aliphatic rings. The van der Waals surface area contributed by atoms with Gasteiger partial charge in [0.25, 0.3) is 0 Å². The average Bonchev–Trinajstić information content (AvgIpc) is 2.69. The van der Waals surface area contributed by atoms with Gasteiger partial charge in [-0.1, -0.05) is 39.3 Å². The molecule has 90 valence electrons. The lowest BCUT2D eigenvalue weighted by atomic mass is 10.0. The van der Waals surface area contributed by atoms with E-state index in [1.165, 1.54) is 0 Å². The predicted octanol–water partition coefficient (Wildman–Crippen LogP) is 2.88. The highest BCUT2D eigenvalue weighted by Crippen LogP contribution is 2.34. The van der Waals surface area contributed by atoms with E-state index < -0.39 is 0 Å². The number of anilines is 1. The van der Waals surface area contributed by atoms with Crippen LogP contribution in [0.1, 0.15) is 5.76 Å². The molecule has 2 rings (SSSR count). The average molecular weight is 297 g/mol. The highest BCUT2D eigenvalue weighted by atomic mass is 79.9. The third-order valence-corrected chi connectivity index (χ3v) is 3.16. The van der Waals surface area contributed by atoms with Crippen LogP contribution >= 0.6 is 15.9 Å². The lowest BCUT2D eigenvalue weighted by molar-refractivity contribution is 0.193. The van der Waals surface area contributed by atoms with Crippen LogP contribution in [-0.4, -0.2) is 18.9 Å². The van der Waals surface area contributed by atoms with Gasteiger partial charge >= 0.3 is 0 Å². The van der Waals surface area contributed by atoms with Crippen molar-refractivity contribution >= 4 is 21.7 Å². The van der Waals surface area contributed by atoms with Gasteiger partial charge in [0.05, 0.1) is 12.2 Å². The van der Waals surface area contributed by atoms with Gasteiger partial charge in [-0.25, -0.2) is 0 Å². The second kappa shape index (κ2) is 5.33. The molecule has 0 spiro atoms. The molecule has 1 aromatic heterocycles. The number of nitrogen functional groups attached to an aromatic ring is 1. The maximum Gasteiger partial charge on any atom is 0.175 e. The first-order chi connectivity index (χ1) is 8.24. The number of aromatic nitrogens is 1. The fourth-order valence-electron chi connectivity index (χ4n) is 1.66. The Morgan fingerprint density at radius 3 is 2.88 bits per heavy atom. The summed E-state index contributed by atoms with van der Waals surface area (Å²) >= 11 is 3.50. The van der Waals surface area contributed by atoms with Gasteiger partial charge in [-0.3, -0.25) is 0 Å². The first kappa shape index (κ1) is 12.1. The van der Waals surface area contributed by atoms with Gasteiger partial charge < -0.3 is 15.0 Å². The van der Waals surface area contributed by atoms with E-state index in [0.717, 1.165) is 21.4 Å². The molecule has 2 aromatic rings. The largest absolute Gasteiger partial charge is 0.384 e. The highest BCUT2D eigenvalue weighted by Gasteiger charge is 2.17. The lowest BCUT2D eigenvalue weighted by Gasteiger charge is -2.04. The van der Waals surface area contributed by atoms with Crippen LogP contribution in [0, 0.1) is 0 Å². The molecule has 5 heteroatoms. The Morgan fingerprint density at radius 1 is 1.41 bits per heavy atom. The summed E-state index contributed by atoms with van der Waals surface area (Å²) in [7, 11) is 1.65. The molecule has 0 aliphatic carbocycles. The van der Waals surface area contributed by atoms with E-state index >= 15 is 0 Å². The Balaban J connectivity index is 2.44. The number of nitrogens with two attached hydrogens (primary N) is 1. The number of hydrogen-bond donors (Lipinski definition) is 1. The van der Waals surface area contributed by atoms with Crippen molar-refractivity contribution in [3.63, 3.8) is 0 Å². The molecule has 2 N–H and O–H groups in total. The van der Waals surface area contributed by atoms with E-state index in [-0.39, 0.29) is 0 Å². The zero-order valence-corrected chi connectivity index (χ0v) is 11.0. The lowest BCUT2D eigenvalue weighted by Crippen LogP contribution is -1.96. The third kappa shape index (κ3) is 2.50. The van der Waals surface area contributed by atoms with Crippen LogP contribution < -0.4 is 5.73 Å². The molecule has 0 saturated carbocycles. The number of benzene rings is 1. The molecule has 1 aromatic carbocycles. The Labute approximate surface area is 108 Å². The van der Waals surface area contributed by atoms with Gasteiger partial charge in [0.1, 0.15) is 5.76 Å². The number of ether oxygens (including phenoxy) is 1. The topological polar surface area (TPSA) is 61.3 Å². The maximum absolute atomic E-state index is 5.85. The van der Waals surface area contributed by atoms with E-state index in [9.17, 15) is 0 Å². The van der Waals surface area contributed by atoms with E-state index in [1.54, 1.807) is 7.11 Å². The first-order valence-electron chi connectivity index (χ1n) is 5.22. The molecule has 0 fully saturated rings. The van der Waals surface area contributed by atoms with Gasteiger partial charge in [-0.15, -0.1) is 0 Å². The van der Waals surface area contributed by atoms with Crippen LogP contribution in [0.4, 0.5) is 5.82 Å². The second-order valence-corrected chi connectivity index (χ2v) is 4.44. The molecule has 17 heavy (non-hydrogen) atoms. The van der Waals surface area contributed by atoms with Crippen molar-refractivity contribution in [1.82, 2.24) is 5.16 Å². The summed E-state index contributed by atoms with van der Waals surface area (Å²) in [4.78, 5) is 0. The van der Waals surface area contributed by atoms with Crippen molar-refractivity contribution in [1.29, 1.82) is 0 Å². The van der Waals surface area contributed by atoms with Crippen molar-refractivity contribution in [2.24, 2.45) is 0 Å². The molecular formula is C12H13BrN2O2. The van der Waals surface area contributed by atoms with Crippen LogP contribution in [0.5, 0.6) is 0 Å². The normalized spacial score (nSPS) is 10.7. The van der Waals surface area contributed by atoms with Crippen molar-refractivity contribution in [3.8, 4) is 11.1 Å². The standard InChI is InChI=1S/C12H13BrN2O2/c1-16-7-6-10-11(12(14)15-17-10)8-4-2-3-5-9(8)13/h2-5H,6-7H2,1H3,(H2,14,15). The van der Waals surface area contributed by atoms with E-state index in [2.05, 4.69) is 21.1 Å². The summed E-state index contributed by atoms with van der Waals surface area (Å²) in [6, 6.07) is 7.84. The van der Waals surface area contributed by atoms with Gasteiger partial charge in [0, 0.05) is 23.6 Å². The number of hydrogen-bond acceptors (Lipinski definition) is 4. The van der Waals surface area contributed by atoms with Crippen LogP contribution in [-0.2, 0) is 11.2 Å². The highest BCUT2D eigenvalue weighted by molar-refractivity contribution is 9.10. The Bertz CT molecular complexity index is 511. The minimum Gasteiger partial charge on any atom is -0.384 e. The summed E-state index contributed by atoms with van der Waals surface area (Å²) in [6.07, 6.45) is 0.650. The van der Waals surface area contributed by atoms with Gasteiger partial charge in [0.15, 0.2) is 5.82 Å². The molecule has 0 radical (unpaired) electrons. The number of methoxy groups -OCH3 is 1. The molecule has 0 bridgehead atoms. The SMILES string of the molecule is COCCc1onc(N)c1-c1ccccc1Br. The van der Waals surface area contributed by atoms with Gasteiger partial charge in [0.2, 0.25) is 0 Å². The molecular weight excluding hydrogens is 284 g/mol. The molecule has 1 heterocycles. The summed E-state index contributed by atoms with van der Waals surface area (Å²) in [5.74, 6) is 1.15. The number of rotatable bonds is 4. The van der Waals surface area contributed by atoms with Crippen LogP contribution in [0.25, 0.3) is 11.1 Å². The van der Waals surface area contributed by atoms with E-state index in [1.807, 2.05) is 24.3 Å². The zero-order valence-electron chi connectivity index (χ0n) is 9.44. The van der Waals surface area contributed by atoms with Crippen molar-refractivity contribution in [2.45, 2.75) is 6.42 Å². The third-order valence-electron chi connectivity index (χ3n) is 2.47. The predicted molar refractivity (Wildman–Crippen MR) is 69.6 cm³/mol. The van der Waals surface area contributed by atoms with E-state index in [4.69, 9.17) is 15.0 Å². The molecule has 0 unspecified atom stereocenters. The molecule has 0 saturated heterocycles. The maximum atomic E-state index is 5.85. The van der Waals surface area contributed by atoms with Crippen LogP contribution in [0.15, 0.2) is 33.3 Å². The minimum absolute atomic E-state index is 0.406. The number of halogens is 1. The Kier molecular flexibility index (Phi) is 3.81. The zero-order chi connectivity index (χ0) is 12.3. The van der Waals surface area contributed by atoms with Crippen molar-refractivity contribution < 1.29 is 9.26 Å². The molecule has 0 aliphatic heterocycles. The Morgan fingerprint density at radius 2 is 2.18 bits per heavy atom. The smallest absolute Gasteiger partial charge is 0.175 e. The summed E-state index contributed by atoms with van der Waals surface area (Å²) in [6.45, 7) is 0.575. The van der Waals surface area contributed by atoms with Gasteiger partial charge in [-0.05, 0) is 6.07 Å². The number of nitrogens with zero attached hydrogens (tertiary/aromatic N) is 1. The van der Waals surface area contributed by atoms with Crippen LogP contribution in [0.2, 0.25) is 0 Å². The summed E-state index contributed by atoms with van der Waals surface area (Å²) in [5.41, 5.74) is 7.67. The molecule has 4 nitrogen and oxygen atoms in total. The monoisotopic (exact) mass is 296 g/mol. The summed E-state index contributed by atoms with van der Waals surface area (Å²) < 4.78 is 11.2. The van der Waals surface area contributed by atoms with Crippen molar-refractivity contribution in [3.05, 3.63) is 34.5 Å². The minimum atomic E-state index is 0.406. The second-order valence-electron chi connectivity index (χ2n) is 3.59. The van der Waals surface area contributed by atoms with Crippen LogP contribution in [0.3, 0.4) is 0 Å². The molecule has 0 amide bonds. The molecule has 0 atom stereocenters. The summed E-state index contributed by atoms with van der Waals surface area (Å²) in [5, 5.41) is 3.81. The van der Waals surface area contributed by atoms with Gasteiger partial charge in [-0.2, -0.15) is 0 Å². The first-order valence-corrected chi connectivity index (χ1v) is 6.01. The Hall–Kier alpha value is -1.33.